The molecule has 4 rings (SSSR count). The van der Waals surface area contributed by atoms with Crippen LogP contribution < -0.4 is 19.7 Å². The molecule has 0 spiro atoms. The van der Waals surface area contributed by atoms with Gasteiger partial charge in [0.25, 0.3) is 11.8 Å². The van der Waals surface area contributed by atoms with E-state index in [4.69, 9.17) is 9.47 Å². The van der Waals surface area contributed by atoms with Gasteiger partial charge in [-0.1, -0.05) is 48.5 Å². The van der Waals surface area contributed by atoms with E-state index in [1.807, 2.05) is 67.6 Å². The van der Waals surface area contributed by atoms with Crippen LogP contribution >= 0.6 is 0 Å². The molecular formula is C30H28N2O4. The molecule has 0 heterocycles. The summed E-state index contributed by atoms with van der Waals surface area (Å²) >= 11 is 0. The van der Waals surface area contributed by atoms with E-state index in [-0.39, 0.29) is 11.8 Å². The lowest BCUT2D eigenvalue weighted by Gasteiger charge is -2.21. The lowest BCUT2D eigenvalue weighted by atomic mass is 10.1. The number of benzene rings is 4. The molecule has 0 unspecified atom stereocenters. The molecule has 4 aromatic rings. The van der Waals surface area contributed by atoms with E-state index in [1.54, 1.807) is 53.4 Å². The van der Waals surface area contributed by atoms with Crippen molar-refractivity contribution >= 4 is 23.2 Å². The van der Waals surface area contributed by atoms with E-state index in [0.717, 1.165) is 11.4 Å². The minimum absolute atomic E-state index is 0.132. The molecule has 2 amide bonds. The molecule has 182 valence electrons. The summed E-state index contributed by atoms with van der Waals surface area (Å²) in [5.74, 6) is 0.930. The Hall–Kier alpha value is -4.58. The molecule has 0 aromatic heterocycles. The van der Waals surface area contributed by atoms with E-state index in [1.165, 1.54) is 0 Å². The summed E-state index contributed by atoms with van der Waals surface area (Å²) in [5.41, 5.74) is 2.31. The largest absolute Gasteiger partial charge is 0.490 e. The maximum Gasteiger partial charge on any atom is 0.258 e. The predicted octanol–water partition coefficient (Wildman–Crippen LogP) is 6.06. The standard InChI is InChI=1S/C30H28N2O4/c1-2-32(26-14-5-3-6-15-26)30(34)24-12-9-13-25(21-24)31-29(33)23-11-10-18-28(22-23)36-20-19-35-27-16-7-4-8-17-27/h3-18,21-22H,2,19-20H2,1H3,(H,31,33). The minimum Gasteiger partial charge on any atom is -0.490 e. The average molecular weight is 481 g/mol. The highest BCUT2D eigenvalue weighted by Gasteiger charge is 2.17. The molecule has 6 nitrogen and oxygen atoms in total. The van der Waals surface area contributed by atoms with Crippen LogP contribution in [0.5, 0.6) is 11.5 Å². The van der Waals surface area contributed by atoms with Crippen LogP contribution in [-0.2, 0) is 0 Å². The van der Waals surface area contributed by atoms with Crippen molar-refractivity contribution in [1.82, 2.24) is 0 Å². The number of para-hydroxylation sites is 2. The Morgan fingerprint density at radius 3 is 2.03 bits per heavy atom. The van der Waals surface area contributed by atoms with Crippen LogP contribution in [0.2, 0.25) is 0 Å². The Morgan fingerprint density at radius 2 is 1.31 bits per heavy atom. The molecule has 1 N–H and O–H groups in total. The summed E-state index contributed by atoms with van der Waals surface area (Å²) in [4.78, 5) is 27.7. The van der Waals surface area contributed by atoms with Gasteiger partial charge in [0.05, 0.1) is 0 Å². The molecule has 0 saturated heterocycles. The van der Waals surface area contributed by atoms with E-state index < -0.39 is 0 Å². The fourth-order valence-corrected chi connectivity index (χ4v) is 3.70. The second kappa shape index (κ2) is 12.2. The molecule has 0 aliphatic carbocycles. The number of nitrogens with one attached hydrogen (secondary N) is 1. The van der Waals surface area contributed by atoms with E-state index in [0.29, 0.717) is 42.3 Å². The van der Waals surface area contributed by atoms with Gasteiger partial charge < -0.3 is 19.7 Å². The number of anilines is 2. The van der Waals surface area contributed by atoms with E-state index in [9.17, 15) is 9.59 Å². The Morgan fingerprint density at radius 1 is 0.694 bits per heavy atom. The SMILES string of the molecule is CCN(C(=O)c1cccc(NC(=O)c2cccc(OCCOc3ccccc3)c2)c1)c1ccccc1. The molecule has 0 aliphatic heterocycles. The van der Waals surface area contributed by atoms with Crippen molar-refractivity contribution in [3.63, 3.8) is 0 Å². The topological polar surface area (TPSA) is 67.9 Å². The van der Waals surface area contributed by atoms with Gasteiger partial charge in [0.2, 0.25) is 0 Å². The zero-order valence-corrected chi connectivity index (χ0v) is 20.1. The first kappa shape index (κ1) is 24.5. The van der Waals surface area contributed by atoms with Crippen molar-refractivity contribution in [2.45, 2.75) is 6.92 Å². The van der Waals surface area contributed by atoms with Crippen LogP contribution in [-0.4, -0.2) is 31.6 Å². The van der Waals surface area contributed by atoms with Gasteiger partial charge in [0.1, 0.15) is 24.7 Å². The van der Waals surface area contributed by atoms with Crippen molar-refractivity contribution in [3.05, 3.63) is 120 Å². The first-order valence-electron chi connectivity index (χ1n) is 11.8. The Balaban J connectivity index is 1.37. The van der Waals surface area contributed by atoms with Crippen LogP contribution in [0.4, 0.5) is 11.4 Å². The molecule has 0 atom stereocenters. The second-order valence-electron chi connectivity index (χ2n) is 7.96. The fourth-order valence-electron chi connectivity index (χ4n) is 3.70. The van der Waals surface area contributed by atoms with Gasteiger partial charge in [-0.3, -0.25) is 9.59 Å². The van der Waals surface area contributed by atoms with E-state index in [2.05, 4.69) is 5.32 Å². The van der Waals surface area contributed by atoms with Crippen LogP contribution in [0.1, 0.15) is 27.6 Å². The van der Waals surface area contributed by atoms with Crippen LogP contribution in [0.15, 0.2) is 109 Å². The van der Waals surface area contributed by atoms with Gasteiger partial charge in [-0.05, 0) is 67.6 Å². The Bertz CT molecular complexity index is 1290. The first-order valence-corrected chi connectivity index (χ1v) is 11.8. The normalized spacial score (nSPS) is 10.4. The molecule has 36 heavy (non-hydrogen) atoms. The number of hydrogen-bond acceptors (Lipinski definition) is 4. The second-order valence-corrected chi connectivity index (χ2v) is 7.96. The quantitative estimate of drug-likeness (QED) is 0.280. The highest BCUT2D eigenvalue weighted by molar-refractivity contribution is 6.08. The van der Waals surface area contributed by atoms with Gasteiger partial charge in [-0.2, -0.15) is 0 Å². The fraction of sp³-hybridized carbons (Fsp3) is 0.133. The summed E-state index contributed by atoms with van der Waals surface area (Å²) in [5, 5.41) is 2.88. The molecule has 0 bridgehead atoms. The van der Waals surface area contributed by atoms with Crippen LogP contribution in [0.25, 0.3) is 0 Å². The average Bonchev–Trinajstić information content (AvgIpc) is 2.93. The summed E-state index contributed by atoms with van der Waals surface area (Å²) in [6.07, 6.45) is 0. The monoisotopic (exact) mass is 480 g/mol. The van der Waals surface area contributed by atoms with Crippen molar-refractivity contribution in [2.24, 2.45) is 0 Å². The van der Waals surface area contributed by atoms with Gasteiger partial charge in [0.15, 0.2) is 0 Å². The summed E-state index contributed by atoms with van der Waals surface area (Å²) < 4.78 is 11.4. The number of carbonyl (C=O) groups is 2. The Labute approximate surface area is 211 Å². The lowest BCUT2D eigenvalue weighted by molar-refractivity contribution is 0.0985. The lowest BCUT2D eigenvalue weighted by Crippen LogP contribution is -2.30. The zero-order valence-electron chi connectivity index (χ0n) is 20.1. The molecule has 0 radical (unpaired) electrons. The third-order valence-corrected chi connectivity index (χ3v) is 5.46. The van der Waals surface area contributed by atoms with Gasteiger partial charge in [-0.25, -0.2) is 0 Å². The number of carbonyl (C=O) groups excluding carboxylic acids is 2. The highest BCUT2D eigenvalue weighted by Crippen LogP contribution is 2.20. The van der Waals surface area contributed by atoms with Crippen molar-refractivity contribution in [1.29, 1.82) is 0 Å². The molecule has 4 aromatic carbocycles. The molecule has 0 fully saturated rings. The number of nitrogens with zero attached hydrogens (tertiary/aromatic N) is 1. The summed E-state index contributed by atoms with van der Waals surface area (Å²) in [6, 6.07) is 32.9. The molecule has 6 heteroatoms. The highest BCUT2D eigenvalue weighted by atomic mass is 16.5. The van der Waals surface area contributed by atoms with Gasteiger partial charge in [-0.15, -0.1) is 0 Å². The number of amides is 2. The first-order chi connectivity index (χ1) is 17.6. The Kier molecular flexibility index (Phi) is 8.33. The third kappa shape index (κ3) is 6.51. The van der Waals surface area contributed by atoms with Crippen LogP contribution in [0, 0.1) is 0 Å². The summed E-state index contributed by atoms with van der Waals surface area (Å²) in [7, 11) is 0. The van der Waals surface area contributed by atoms with Gasteiger partial charge in [0, 0.05) is 29.0 Å². The van der Waals surface area contributed by atoms with Crippen molar-refractivity contribution < 1.29 is 19.1 Å². The molecule has 0 aliphatic rings. The van der Waals surface area contributed by atoms with Crippen molar-refractivity contribution in [2.75, 3.05) is 30.0 Å². The maximum absolute atomic E-state index is 13.1. The van der Waals surface area contributed by atoms with Crippen molar-refractivity contribution in [3.8, 4) is 11.5 Å². The van der Waals surface area contributed by atoms with Crippen LogP contribution in [0.3, 0.4) is 0 Å². The number of ether oxygens (including phenoxy) is 2. The smallest absolute Gasteiger partial charge is 0.258 e. The zero-order chi connectivity index (χ0) is 25.2. The number of hydrogen-bond donors (Lipinski definition) is 1. The van der Waals surface area contributed by atoms with Gasteiger partial charge >= 0.3 is 0 Å². The van der Waals surface area contributed by atoms with E-state index >= 15 is 0 Å². The predicted molar refractivity (Wildman–Crippen MR) is 142 cm³/mol. The minimum atomic E-state index is -0.291. The molecule has 0 saturated carbocycles. The molecular weight excluding hydrogens is 452 g/mol. The summed E-state index contributed by atoms with van der Waals surface area (Å²) in [6.45, 7) is 3.19. The maximum atomic E-state index is 13.1. The third-order valence-electron chi connectivity index (χ3n) is 5.46. The number of rotatable bonds is 10.